The molecule has 0 unspecified atom stereocenters. The Morgan fingerprint density at radius 2 is 2.21 bits per heavy atom. The summed E-state index contributed by atoms with van der Waals surface area (Å²) in [6.07, 6.45) is 2.06. The number of rotatable bonds is 3. The third kappa shape index (κ3) is 1.80. The van der Waals surface area contributed by atoms with Crippen LogP contribution < -0.4 is 4.74 Å². The molecule has 1 aromatic rings. The average Bonchev–Trinajstić information content (AvgIpc) is 2.87. The maximum Gasteiger partial charge on any atom is 0.329 e. The van der Waals surface area contributed by atoms with E-state index < -0.39 is 4.92 Å². The van der Waals surface area contributed by atoms with Crippen molar-refractivity contribution in [2.45, 2.75) is 18.9 Å². The summed E-state index contributed by atoms with van der Waals surface area (Å²) in [6.45, 7) is 0. The van der Waals surface area contributed by atoms with Gasteiger partial charge in [0.1, 0.15) is 5.02 Å². The summed E-state index contributed by atoms with van der Waals surface area (Å²) in [5.74, 6) is 0.269. The van der Waals surface area contributed by atoms with Gasteiger partial charge in [-0.2, -0.15) is 0 Å². The number of para-hydroxylation sites is 1. The Balaban J connectivity index is 2.35. The SMILES string of the molecule is O=[N+]([O-])c1c(Cl)cccc1OC1CC1. The van der Waals surface area contributed by atoms with Gasteiger partial charge in [-0.1, -0.05) is 17.7 Å². The first-order chi connectivity index (χ1) is 6.68. The van der Waals surface area contributed by atoms with E-state index in [4.69, 9.17) is 16.3 Å². The van der Waals surface area contributed by atoms with Gasteiger partial charge < -0.3 is 4.74 Å². The van der Waals surface area contributed by atoms with Gasteiger partial charge in [0.05, 0.1) is 11.0 Å². The summed E-state index contributed by atoms with van der Waals surface area (Å²) in [4.78, 5) is 10.2. The predicted molar refractivity (Wildman–Crippen MR) is 51.8 cm³/mol. The zero-order valence-corrected chi connectivity index (χ0v) is 8.03. The summed E-state index contributed by atoms with van der Waals surface area (Å²) >= 11 is 5.71. The van der Waals surface area contributed by atoms with Crippen LogP contribution in [0.2, 0.25) is 5.02 Å². The zero-order chi connectivity index (χ0) is 10.1. The fourth-order valence-electron chi connectivity index (χ4n) is 1.13. The molecule has 14 heavy (non-hydrogen) atoms. The average molecular weight is 214 g/mol. The number of nitro groups is 1. The number of nitrogens with zero attached hydrogens (tertiary/aromatic N) is 1. The van der Waals surface area contributed by atoms with Crippen LogP contribution in [0.3, 0.4) is 0 Å². The van der Waals surface area contributed by atoms with Crippen molar-refractivity contribution in [2.75, 3.05) is 0 Å². The summed E-state index contributed by atoms with van der Waals surface area (Å²) in [5.41, 5.74) is -0.138. The molecule has 0 saturated heterocycles. The van der Waals surface area contributed by atoms with E-state index in [1.807, 2.05) is 0 Å². The van der Waals surface area contributed by atoms with Crippen LogP contribution in [0, 0.1) is 10.1 Å². The molecule has 4 nitrogen and oxygen atoms in total. The molecule has 1 aliphatic rings. The molecule has 0 bridgehead atoms. The van der Waals surface area contributed by atoms with Gasteiger partial charge in [-0.3, -0.25) is 10.1 Å². The second-order valence-electron chi connectivity index (χ2n) is 3.16. The Bertz CT molecular complexity index is 376. The quantitative estimate of drug-likeness (QED) is 0.573. The second-order valence-corrected chi connectivity index (χ2v) is 3.57. The van der Waals surface area contributed by atoms with Gasteiger partial charge in [-0.25, -0.2) is 0 Å². The van der Waals surface area contributed by atoms with Gasteiger partial charge in [0.15, 0.2) is 5.75 Å². The topological polar surface area (TPSA) is 52.4 Å². The number of halogens is 1. The number of hydrogen-bond donors (Lipinski definition) is 0. The monoisotopic (exact) mass is 213 g/mol. The van der Waals surface area contributed by atoms with Crippen LogP contribution >= 0.6 is 11.6 Å². The van der Waals surface area contributed by atoms with Crippen LogP contribution in [0.5, 0.6) is 5.75 Å². The second kappa shape index (κ2) is 3.46. The Hall–Kier alpha value is -1.29. The molecule has 0 amide bonds. The van der Waals surface area contributed by atoms with Crippen LogP contribution in [-0.2, 0) is 0 Å². The van der Waals surface area contributed by atoms with Crippen LogP contribution in [0.1, 0.15) is 12.8 Å². The smallest absolute Gasteiger partial charge is 0.329 e. The van der Waals surface area contributed by atoms with Gasteiger partial charge in [-0.05, 0) is 25.0 Å². The van der Waals surface area contributed by atoms with Gasteiger partial charge in [0.2, 0.25) is 0 Å². The van der Waals surface area contributed by atoms with Crippen LogP contribution in [0.25, 0.3) is 0 Å². The number of ether oxygens (including phenoxy) is 1. The molecule has 5 heteroatoms. The molecule has 1 aromatic carbocycles. The largest absolute Gasteiger partial charge is 0.483 e. The molecular formula is C9H8ClNO3. The molecule has 0 spiro atoms. The third-order valence-electron chi connectivity index (χ3n) is 1.95. The fraction of sp³-hybridized carbons (Fsp3) is 0.333. The highest BCUT2D eigenvalue weighted by Crippen LogP contribution is 2.37. The van der Waals surface area contributed by atoms with Crippen molar-refractivity contribution in [3.63, 3.8) is 0 Å². The molecular weight excluding hydrogens is 206 g/mol. The molecule has 0 aliphatic heterocycles. The molecule has 0 radical (unpaired) electrons. The van der Waals surface area contributed by atoms with Gasteiger partial charge in [0.25, 0.3) is 0 Å². The maximum absolute atomic E-state index is 10.7. The highest BCUT2D eigenvalue weighted by Gasteiger charge is 2.28. The molecule has 1 fully saturated rings. The molecule has 74 valence electrons. The lowest BCUT2D eigenvalue weighted by molar-refractivity contribution is -0.385. The summed E-state index contributed by atoms with van der Waals surface area (Å²) in [7, 11) is 0. The van der Waals surface area contributed by atoms with E-state index in [1.54, 1.807) is 12.1 Å². The summed E-state index contributed by atoms with van der Waals surface area (Å²) in [5, 5.41) is 10.8. The van der Waals surface area contributed by atoms with Crippen LogP contribution in [0.4, 0.5) is 5.69 Å². The maximum atomic E-state index is 10.7. The summed E-state index contributed by atoms with van der Waals surface area (Å²) in [6, 6.07) is 4.70. The lowest BCUT2D eigenvalue weighted by Crippen LogP contribution is -2.00. The van der Waals surface area contributed by atoms with E-state index in [0.29, 0.717) is 0 Å². The van der Waals surface area contributed by atoms with Crippen molar-refractivity contribution in [3.8, 4) is 5.75 Å². The van der Waals surface area contributed by atoms with Gasteiger partial charge in [0, 0.05) is 0 Å². The van der Waals surface area contributed by atoms with Crippen molar-refractivity contribution in [2.24, 2.45) is 0 Å². The number of nitro benzene ring substituents is 1. The molecule has 0 atom stereocenters. The molecule has 2 rings (SSSR count). The Morgan fingerprint density at radius 1 is 1.50 bits per heavy atom. The van der Waals surface area contributed by atoms with Crippen molar-refractivity contribution in [1.29, 1.82) is 0 Å². The molecule has 0 heterocycles. The van der Waals surface area contributed by atoms with Crippen LogP contribution in [-0.4, -0.2) is 11.0 Å². The van der Waals surface area contributed by atoms with Crippen molar-refractivity contribution in [3.05, 3.63) is 33.3 Å². The van der Waals surface area contributed by atoms with Crippen molar-refractivity contribution in [1.82, 2.24) is 0 Å². The lowest BCUT2D eigenvalue weighted by atomic mass is 10.3. The number of benzene rings is 1. The predicted octanol–water partition coefficient (Wildman–Crippen LogP) is 2.79. The van der Waals surface area contributed by atoms with Crippen molar-refractivity contribution >= 4 is 17.3 Å². The molecule has 0 aromatic heterocycles. The highest BCUT2D eigenvalue weighted by molar-refractivity contribution is 6.32. The molecule has 1 saturated carbocycles. The Kier molecular flexibility index (Phi) is 2.29. The van der Waals surface area contributed by atoms with E-state index in [1.165, 1.54) is 6.07 Å². The van der Waals surface area contributed by atoms with E-state index in [2.05, 4.69) is 0 Å². The molecule has 1 aliphatic carbocycles. The first-order valence-corrected chi connectivity index (χ1v) is 4.66. The minimum absolute atomic E-state index is 0.119. The Morgan fingerprint density at radius 3 is 2.79 bits per heavy atom. The minimum Gasteiger partial charge on any atom is -0.483 e. The van der Waals surface area contributed by atoms with Crippen LogP contribution in [0.15, 0.2) is 18.2 Å². The van der Waals surface area contributed by atoms with E-state index >= 15 is 0 Å². The third-order valence-corrected chi connectivity index (χ3v) is 2.26. The first kappa shape index (κ1) is 9.27. The Labute approximate surface area is 85.6 Å². The molecule has 0 N–H and O–H groups in total. The first-order valence-electron chi connectivity index (χ1n) is 4.28. The van der Waals surface area contributed by atoms with E-state index in [9.17, 15) is 10.1 Å². The standard InChI is InChI=1S/C9H8ClNO3/c10-7-2-1-3-8(9(7)11(12)13)14-6-4-5-6/h1-3,6H,4-5H2. The van der Waals surface area contributed by atoms with Gasteiger partial charge in [-0.15, -0.1) is 0 Å². The normalized spacial score (nSPS) is 15.2. The minimum atomic E-state index is -0.514. The number of hydrogen-bond acceptors (Lipinski definition) is 3. The highest BCUT2D eigenvalue weighted by atomic mass is 35.5. The van der Waals surface area contributed by atoms with E-state index in [0.717, 1.165) is 12.8 Å². The van der Waals surface area contributed by atoms with Gasteiger partial charge >= 0.3 is 5.69 Å². The fourth-order valence-corrected chi connectivity index (χ4v) is 1.37. The summed E-state index contributed by atoms with van der Waals surface area (Å²) < 4.78 is 5.37. The lowest BCUT2D eigenvalue weighted by Gasteiger charge is -2.05. The van der Waals surface area contributed by atoms with E-state index in [-0.39, 0.29) is 22.6 Å². The van der Waals surface area contributed by atoms with Crippen molar-refractivity contribution < 1.29 is 9.66 Å². The zero-order valence-electron chi connectivity index (χ0n) is 7.27.